The summed E-state index contributed by atoms with van der Waals surface area (Å²) in [6.45, 7) is 1.66. The van der Waals surface area contributed by atoms with Crippen molar-refractivity contribution < 1.29 is 9.18 Å². The molecule has 1 aromatic heterocycles. The van der Waals surface area contributed by atoms with Gasteiger partial charge in [-0.2, -0.15) is 5.10 Å². The number of nitrogens with zero attached hydrogens (tertiary/aromatic N) is 2. The molecule has 1 aliphatic carbocycles. The van der Waals surface area contributed by atoms with Crippen molar-refractivity contribution >= 4 is 5.91 Å². The number of carbonyl (C=O) groups is 1. The van der Waals surface area contributed by atoms with E-state index < -0.39 is 0 Å². The molecular formula is C20H24FN3O. The Labute approximate surface area is 147 Å². The molecule has 0 bridgehead atoms. The first-order valence-corrected chi connectivity index (χ1v) is 9.31. The van der Waals surface area contributed by atoms with Crippen LogP contribution in [0.25, 0.3) is 11.3 Å². The third kappa shape index (κ3) is 3.46. The lowest BCUT2D eigenvalue weighted by Crippen LogP contribution is -2.41. The Kier molecular flexibility index (Phi) is 4.55. The van der Waals surface area contributed by atoms with Gasteiger partial charge in [0.1, 0.15) is 5.82 Å². The number of piperidine rings is 1. The summed E-state index contributed by atoms with van der Waals surface area (Å²) in [6, 6.07) is 8.43. The third-order valence-electron chi connectivity index (χ3n) is 5.61. The van der Waals surface area contributed by atoms with E-state index in [1.165, 1.54) is 25.0 Å². The summed E-state index contributed by atoms with van der Waals surface area (Å²) < 4.78 is 13.1. The zero-order chi connectivity index (χ0) is 17.2. The van der Waals surface area contributed by atoms with E-state index in [-0.39, 0.29) is 11.7 Å². The number of hydrogen-bond acceptors (Lipinski definition) is 2. The summed E-state index contributed by atoms with van der Waals surface area (Å²) in [7, 11) is 0. The van der Waals surface area contributed by atoms with Gasteiger partial charge in [0.05, 0.1) is 5.69 Å². The van der Waals surface area contributed by atoms with Gasteiger partial charge in [-0.25, -0.2) is 4.39 Å². The molecule has 2 aliphatic rings. The molecule has 1 aromatic carbocycles. The van der Waals surface area contributed by atoms with E-state index >= 15 is 0 Å². The van der Waals surface area contributed by atoms with Crippen LogP contribution in [0.1, 0.15) is 50.1 Å². The fourth-order valence-corrected chi connectivity index (χ4v) is 4.18. The predicted octanol–water partition coefficient (Wildman–Crippen LogP) is 4.11. The summed E-state index contributed by atoms with van der Waals surface area (Å²) in [5.74, 6) is 0.657. The van der Waals surface area contributed by atoms with Gasteiger partial charge in [-0.05, 0) is 56.0 Å². The lowest BCUT2D eigenvalue weighted by Gasteiger charge is -2.33. The lowest BCUT2D eigenvalue weighted by molar-refractivity contribution is -0.136. The normalized spacial score (nSPS) is 21.6. The van der Waals surface area contributed by atoms with Gasteiger partial charge in [0.25, 0.3) is 0 Å². The molecule has 1 aliphatic heterocycles. The van der Waals surface area contributed by atoms with Crippen LogP contribution in [0.3, 0.4) is 0 Å². The maximum absolute atomic E-state index is 13.1. The van der Waals surface area contributed by atoms with Gasteiger partial charge in [0, 0.05) is 36.2 Å². The van der Waals surface area contributed by atoms with Crippen molar-refractivity contribution in [3.63, 3.8) is 0 Å². The van der Waals surface area contributed by atoms with Crippen molar-refractivity contribution in [2.45, 2.75) is 44.4 Å². The van der Waals surface area contributed by atoms with Crippen LogP contribution in [0.4, 0.5) is 4.39 Å². The van der Waals surface area contributed by atoms with Crippen LogP contribution in [0.5, 0.6) is 0 Å². The Morgan fingerprint density at radius 3 is 2.64 bits per heavy atom. The van der Waals surface area contributed by atoms with Crippen molar-refractivity contribution in [2.24, 2.45) is 5.92 Å². The van der Waals surface area contributed by atoms with Gasteiger partial charge >= 0.3 is 0 Å². The van der Waals surface area contributed by atoms with E-state index in [9.17, 15) is 9.18 Å². The number of hydrogen-bond donors (Lipinski definition) is 1. The summed E-state index contributed by atoms with van der Waals surface area (Å²) >= 11 is 0. The highest BCUT2D eigenvalue weighted by Gasteiger charge is 2.31. The standard InChI is InChI=1S/C20H24FN3O/c21-17-9-7-14(8-10-17)18-12-19(23-22-18)16-6-3-11-24(13-16)20(25)15-4-1-2-5-15/h7-10,12,15-16H,1-6,11,13H2,(H,22,23)/t16-/m0/s1. The molecule has 25 heavy (non-hydrogen) atoms. The van der Waals surface area contributed by atoms with Gasteiger partial charge in [-0.3, -0.25) is 9.89 Å². The van der Waals surface area contributed by atoms with Crippen LogP contribution in [0, 0.1) is 11.7 Å². The Hall–Kier alpha value is -2.17. The number of aromatic nitrogens is 2. The van der Waals surface area contributed by atoms with Crippen molar-refractivity contribution in [2.75, 3.05) is 13.1 Å². The van der Waals surface area contributed by atoms with E-state index in [4.69, 9.17) is 0 Å². The molecule has 2 heterocycles. The fraction of sp³-hybridized carbons (Fsp3) is 0.500. The first-order chi connectivity index (χ1) is 12.2. The minimum absolute atomic E-state index is 0.243. The Balaban J connectivity index is 1.46. The number of rotatable bonds is 3. The molecule has 0 spiro atoms. The number of benzene rings is 1. The second-order valence-electron chi connectivity index (χ2n) is 7.32. The molecule has 5 heteroatoms. The summed E-state index contributed by atoms with van der Waals surface area (Å²) in [5.41, 5.74) is 2.80. The van der Waals surface area contributed by atoms with Gasteiger partial charge < -0.3 is 4.90 Å². The van der Waals surface area contributed by atoms with E-state index in [2.05, 4.69) is 15.1 Å². The van der Waals surface area contributed by atoms with Crippen molar-refractivity contribution in [1.82, 2.24) is 15.1 Å². The van der Waals surface area contributed by atoms with Gasteiger partial charge in [-0.1, -0.05) is 12.8 Å². The number of aromatic amines is 1. The van der Waals surface area contributed by atoms with Crippen LogP contribution in [0.15, 0.2) is 30.3 Å². The first kappa shape index (κ1) is 16.3. The van der Waals surface area contributed by atoms with Gasteiger partial charge in [-0.15, -0.1) is 0 Å². The van der Waals surface area contributed by atoms with E-state index in [1.807, 2.05) is 6.07 Å². The van der Waals surface area contributed by atoms with Crippen LogP contribution in [0.2, 0.25) is 0 Å². The molecule has 1 saturated carbocycles. The maximum Gasteiger partial charge on any atom is 0.225 e. The molecule has 132 valence electrons. The zero-order valence-corrected chi connectivity index (χ0v) is 14.4. The molecule has 1 N–H and O–H groups in total. The molecule has 0 radical (unpaired) electrons. The number of H-pyrrole nitrogens is 1. The number of amides is 1. The fourth-order valence-electron chi connectivity index (χ4n) is 4.18. The van der Waals surface area contributed by atoms with Crippen LogP contribution in [-0.4, -0.2) is 34.1 Å². The molecule has 4 nitrogen and oxygen atoms in total. The average molecular weight is 341 g/mol. The van der Waals surface area contributed by atoms with E-state index in [0.717, 1.165) is 55.7 Å². The zero-order valence-electron chi connectivity index (χ0n) is 14.4. The molecule has 1 saturated heterocycles. The predicted molar refractivity (Wildman–Crippen MR) is 94.5 cm³/mol. The van der Waals surface area contributed by atoms with Crippen molar-refractivity contribution in [3.05, 3.63) is 41.8 Å². The topological polar surface area (TPSA) is 49.0 Å². The number of likely N-dealkylation sites (tertiary alicyclic amines) is 1. The summed E-state index contributed by atoms with van der Waals surface area (Å²) in [6.07, 6.45) is 6.59. The smallest absolute Gasteiger partial charge is 0.225 e. The largest absolute Gasteiger partial charge is 0.342 e. The quantitative estimate of drug-likeness (QED) is 0.913. The number of nitrogens with one attached hydrogen (secondary N) is 1. The second kappa shape index (κ2) is 6.98. The van der Waals surface area contributed by atoms with Crippen LogP contribution < -0.4 is 0 Å². The second-order valence-corrected chi connectivity index (χ2v) is 7.32. The van der Waals surface area contributed by atoms with Crippen LogP contribution in [-0.2, 0) is 4.79 Å². The molecule has 2 aromatic rings. The molecule has 4 rings (SSSR count). The Bertz CT molecular complexity index is 734. The highest BCUT2D eigenvalue weighted by Crippen LogP contribution is 2.32. The first-order valence-electron chi connectivity index (χ1n) is 9.31. The maximum atomic E-state index is 13.1. The van der Waals surface area contributed by atoms with Gasteiger partial charge in [0.2, 0.25) is 5.91 Å². The highest BCUT2D eigenvalue weighted by molar-refractivity contribution is 5.79. The highest BCUT2D eigenvalue weighted by atomic mass is 19.1. The van der Waals surface area contributed by atoms with Crippen molar-refractivity contribution in [1.29, 1.82) is 0 Å². The monoisotopic (exact) mass is 341 g/mol. The Morgan fingerprint density at radius 1 is 1.12 bits per heavy atom. The third-order valence-corrected chi connectivity index (χ3v) is 5.61. The minimum atomic E-state index is -0.243. The van der Waals surface area contributed by atoms with E-state index in [0.29, 0.717) is 11.8 Å². The molecule has 0 unspecified atom stereocenters. The summed E-state index contributed by atoms with van der Waals surface area (Å²) in [5, 5.41) is 7.52. The van der Waals surface area contributed by atoms with E-state index in [1.54, 1.807) is 12.1 Å². The average Bonchev–Trinajstić information content (AvgIpc) is 3.34. The number of carbonyl (C=O) groups excluding carboxylic acids is 1. The van der Waals surface area contributed by atoms with Crippen LogP contribution >= 0.6 is 0 Å². The summed E-state index contributed by atoms with van der Waals surface area (Å²) in [4.78, 5) is 14.8. The minimum Gasteiger partial charge on any atom is -0.342 e. The molecular weight excluding hydrogens is 317 g/mol. The Morgan fingerprint density at radius 2 is 1.88 bits per heavy atom. The SMILES string of the molecule is O=C(C1CCCC1)N1CCC[C@H](c2cc(-c3ccc(F)cc3)n[nH]2)C1. The molecule has 1 atom stereocenters. The number of halogens is 1. The lowest BCUT2D eigenvalue weighted by atomic mass is 9.93. The van der Waals surface area contributed by atoms with Gasteiger partial charge in [0.15, 0.2) is 0 Å². The molecule has 2 fully saturated rings. The molecule has 1 amide bonds. The van der Waals surface area contributed by atoms with Crippen molar-refractivity contribution in [3.8, 4) is 11.3 Å².